The smallest absolute Gasteiger partial charge is 0.317 e. The number of likely N-dealkylation sites (N-methyl/N-ethyl adjacent to an activating group) is 1. The molecular weight excluding hydrogens is 362 g/mol. The molecule has 0 saturated carbocycles. The maximum absolute atomic E-state index is 11.3. The van der Waals surface area contributed by atoms with Gasteiger partial charge in [0.2, 0.25) is 0 Å². The first-order valence-corrected chi connectivity index (χ1v) is 8.62. The van der Waals surface area contributed by atoms with Crippen molar-refractivity contribution in [1.29, 1.82) is 0 Å². The molecule has 0 aromatic rings. The lowest BCUT2D eigenvalue weighted by Gasteiger charge is -2.44. The van der Waals surface area contributed by atoms with Crippen LogP contribution >= 0.6 is 0 Å². The molecule has 0 amide bonds. The van der Waals surface area contributed by atoms with Gasteiger partial charge in [0, 0.05) is 25.2 Å². The lowest BCUT2D eigenvalue weighted by Crippen LogP contribution is -2.57. The van der Waals surface area contributed by atoms with E-state index in [2.05, 4.69) is 0 Å². The number of carboxylic acids is 4. The molecule has 1 aliphatic heterocycles. The maximum Gasteiger partial charge on any atom is 0.317 e. The van der Waals surface area contributed by atoms with Gasteiger partial charge in [-0.3, -0.25) is 33.9 Å². The van der Waals surface area contributed by atoms with E-state index in [1.165, 1.54) is 4.90 Å². The van der Waals surface area contributed by atoms with E-state index in [9.17, 15) is 24.3 Å². The van der Waals surface area contributed by atoms with Crippen molar-refractivity contribution in [1.82, 2.24) is 14.7 Å². The fourth-order valence-corrected chi connectivity index (χ4v) is 3.55. The summed E-state index contributed by atoms with van der Waals surface area (Å²) in [5.41, 5.74) is 0. The third-order valence-electron chi connectivity index (χ3n) is 4.44. The summed E-state index contributed by atoms with van der Waals surface area (Å²) in [5, 5.41) is 36.1. The predicted octanol–water partition coefficient (Wildman–Crippen LogP) is -1.22. The van der Waals surface area contributed by atoms with Crippen LogP contribution < -0.4 is 0 Å². The Labute approximate surface area is 156 Å². The topological polar surface area (TPSA) is 159 Å². The van der Waals surface area contributed by atoms with Gasteiger partial charge in [0.25, 0.3) is 0 Å². The number of carboxylic acid groups (broad SMARTS) is 4. The standard InChI is InChI=1S/C16H27N3O8/c1-17(7-13(20)21)5-11-3-2-4-12(19(11)10-16(26)27)6-18(8-14(22)23)9-15(24)25/h11-12H,2-10H2,1H3,(H,20,21)(H,22,23)(H,24,25)(H,26,27)/t11-,12+/m1/s1. The predicted molar refractivity (Wildman–Crippen MR) is 92.6 cm³/mol. The minimum absolute atomic E-state index is 0.116. The molecular formula is C16H27N3O8. The van der Waals surface area contributed by atoms with Crippen molar-refractivity contribution in [2.24, 2.45) is 0 Å². The summed E-state index contributed by atoms with van der Waals surface area (Å²) < 4.78 is 0. The van der Waals surface area contributed by atoms with Crippen molar-refractivity contribution in [2.75, 3.05) is 46.3 Å². The van der Waals surface area contributed by atoms with Gasteiger partial charge in [-0.2, -0.15) is 0 Å². The lowest BCUT2D eigenvalue weighted by molar-refractivity contribution is -0.145. The Kier molecular flexibility index (Phi) is 9.12. The Morgan fingerprint density at radius 2 is 1.30 bits per heavy atom. The molecule has 11 heteroatoms. The SMILES string of the molecule is CN(CC(=O)O)C[C@H]1CCC[C@@H](CN(CC(=O)O)CC(=O)O)N1CC(=O)O. The molecule has 11 nitrogen and oxygen atoms in total. The molecule has 2 atom stereocenters. The Balaban J connectivity index is 2.89. The van der Waals surface area contributed by atoms with Crippen LogP contribution in [0.15, 0.2) is 0 Å². The quantitative estimate of drug-likeness (QED) is 0.317. The van der Waals surface area contributed by atoms with Gasteiger partial charge in [-0.05, 0) is 19.9 Å². The highest BCUT2D eigenvalue weighted by molar-refractivity contribution is 5.72. The first kappa shape index (κ1) is 22.8. The monoisotopic (exact) mass is 389 g/mol. The summed E-state index contributed by atoms with van der Waals surface area (Å²) >= 11 is 0. The fourth-order valence-electron chi connectivity index (χ4n) is 3.55. The second-order valence-electron chi connectivity index (χ2n) is 6.85. The molecule has 0 aromatic heterocycles. The number of nitrogens with zero attached hydrogens (tertiary/aromatic N) is 3. The molecule has 0 unspecified atom stereocenters. The largest absolute Gasteiger partial charge is 0.480 e. The van der Waals surface area contributed by atoms with Crippen LogP contribution in [0.25, 0.3) is 0 Å². The van der Waals surface area contributed by atoms with Gasteiger partial charge < -0.3 is 20.4 Å². The summed E-state index contributed by atoms with van der Waals surface area (Å²) in [6.07, 6.45) is 2.06. The Morgan fingerprint density at radius 1 is 0.815 bits per heavy atom. The van der Waals surface area contributed by atoms with Crippen LogP contribution in [0, 0.1) is 0 Å². The summed E-state index contributed by atoms with van der Waals surface area (Å²) in [6.45, 7) is -0.879. The maximum atomic E-state index is 11.3. The van der Waals surface area contributed by atoms with Gasteiger partial charge >= 0.3 is 23.9 Å². The highest BCUT2D eigenvalue weighted by atomic mass is 16.4. The van der Waals surface area contributed by atoms with E-state index in [-0.39, 0.29) is 31.7 Å². The molecule has 0 bridgehead atoms. The molecule has 0 spiro atoms. The molecule has 0 aliphatic carbocycles. The number of hydrogen-bond acceptors (Lipinski definition) is 7. The third-order valence-corrected chi connectivity index (χ3v) is 4.44. The average molecular weight is 389 g/mol. The minimum Gasteiger partial charge on any atom is -0.480 e. The summed E-state index contributed by atoms with van der Waals surface area (Å²) in [5.74, 6) is -4.34. The van der Waals surface area contributed by atoms with Crippen molar-refractivity contribution >= 4 is 23.9 Å². The van der Waals surface area contributed by atoms with E-state index in [0.717, 1.165) is 6.42 Å². The van der Waals surface area contributed by atoms with Crippen LogP contribution in [0.3, 0.4) is 0 Å². The van der Waals surface area contributed by atoms with Crippen molar-refractivity contribution in [3.8, 4) is 0 Å². The van der Waals surface area contributed by atoms with Crippen molar-refractivity contribution in [3.05, 3.63) is 0 Å². The molecule has 1 rings (SSSR count). The van der Waals surface area contributed by atoms with Gasteiger partial charge in [-0.1, -0.05) is 6.42 Å². The van der Waals surface area contributed by atoms with E-state index in [1.54, 1.807) is 16.8 Å². The number of rotatable bonds is 12. The average Bonchev–Trinajstić information content (AvgIpc) is 2.47. The number of piperidine rings is 1. The Bertz CT molecular complexity index is 540. The molecule has 1 aliphatic rings. The van der Waals surface area contributed by atoms with E-state index < -0.39 is 37.0 Å². The normalized spacial score (nSPS) is 20.7. The van der Waals surface area contributed by atoms with Gasteiger partial charge in [0.15, 0.2) is 0 Å². The molecule has 1 heterocycles. The highest BCUT2D eigenvalue weighted by Crippen LogP contribution is 2.24. The van der Waals surface area contributed by atoms with E-state index in [0.29, 0.717) is 19.4 Å². The van der Waals surface area contributed by atoms with E-state index in [4.69, 9.17) is 15.3 Å². The Hall–Kier alpha value is -2.24. The fraction of sp³-hybridized carbons (Fsp3) is 0.750. The van der Waals surface area contributed by atoms with Crippen LogP contribution in [-0.4, -0.2) is 117 Å². The van der Waals surface area contributed by atoms with E-state index >= 15 is 0 Å². The van der Waals surface area contributed by atoms with Gasteiger partial charge in [0.05, 0.1) is 26.2 Å². The number of likely N-dealkylation sites (tertiary alicyclic amines) is 1. The van der Waals surface area contributed by atoms with Crippen molar-refractivity contribution in [3.63, 3.8) is 0 Å². The van der Waals surface area contributed by atoms with Crippen LogP contribution in [0.5, 0.6) is 0 Å². The van der Waals surface area contributed by atoms with Gasteiger partial charge in [-0.15, -0.1) is 0 Å². The van der Waals surface area contributed by atoms with E-state index in [1.807, 2.05) is 0 Å². The number of aliphatic carboxylic acids is 4. The molecule has 1 fully saturated rings. The third kappa shape index (κ3) is 8.80. The molecule has 4 N–H and O–H groups in total. The second kappa shape index (κ2) is 10.8. The van der Waals surface area contributed by atoms with Crippen molar-refractivity contribution in [2.45, 2.75) is 31.3 Å². The molecule has 154 valence electrons. The highest BCUT2D eigenvalue weighted by Gasteiger charge is 2.34. The van der Waals surface area contributed by atoms with Crippen LogP contribution in [0.1, 0.15) is 19.3 Å². The van der Waals surface area contributed by atoms with Gasteiger partial charge in [0.1, 0.15) is 0 Å². The summed E-state index contributed by atoms with van der Waals surface area (Å²) in [7, 11) is 1.64. The molecule has 27 heavy (non-hydrogen) atoms. The minimum atomic E-state index is -1.16. The first-order valence-electron chi connectivity index (χ1n) is 8.62. The van der Waals surface area contributed by atoms with Crippen molar-refractivity contribution < 1.29 is 39.6 Å². The zero-order valence-electron chi connectivity index (χ0n) is 15.3. The molecule has 0 aromatic carbocycles. The Morgan fingerprint density at radius 3 is 1.74 bits per heavy atom. The van der Waals surface area contributed by atoms with Crippen LogP contribution in [0.2, 0.25) is 0 Å². The second-order valence-corrected chi connectivity index (χ2v) is 6.85. The van der Waals surface area contributed by atoms with Gasteiger partial charge in [-0.25, -0.2) is 0 Å². The summed E-state index contributed by atoms with van der Waals surface area (Å²) in [4.78, 5) is 48.8. The van der Waals surface area contributed by atoms with Crippen LogP contribution in [0.4, 0.5) is 0 Å². The molecule has 0 radical (unpaired) electrons. The first-order chi connectivity index (χ1) is 12.6. The zero-order chi connectivity index (χ0) is 20.6. The molecule has 1 saturated heterocycles. The van der Waals surface area contributed by atoms with Crippen LogP contribution in [-0.2, 0) is 19.2 Å². The summed E-state index contributed by atoms with van der Waals surface area (Å²) in [6, 6.07) is -0.530. The lowest BCUT2D eigenvalue weighted by atomic mass is 9.94. The number of carbonyl (C=O) groups is 4. The zero-order valence-corrected chi connectivity index (χ0v) is 15.3. The number of hydrogen-bond donors (Lipinski definition) is 4.